The zero-order valence-electron chi connectivity index (χ0n) is 30.7. The molecule has 1 aliphatic heterocycles. The van der Waals surface area contributed by atoms with E-state index in [0.717, 1.165) is 28.4 Å². The van der Waals surface area contributed by atoms with Crippen LogP contribution in [0.1, 0.15) is 17.9 Å². The van der Waals surface area contributed by atoms with Crippen molar-refractivity contribution in [3.05, 3.63) is 204 Å². The number of fused-ring (bicyclic) bond motifs is 6. The van der Waals surface area contributed by atoms with Gasteiger partial charge in [0, 0.05) is 39.4 Å². The van der Waals surface area contributed by atoms with E-state index in [1.807, 2.05) is 0 Å². The number of hydrogen-bond acceptors (Lipinski definition) is 4. The molecule has 56 heavy (non-hydrogen) atoms. The van der Waals surface area contributed by atoms with Crippen LogP contribution in [0.2, 0.25) is 0 Å². The Morgan fingerprint density at radius 3 is 2.09 bits per heavy atom. The van der Waals surface area contributed by atoms with Gasteiger partial charge in [0.05, 0.1) is 16.9 Å². The molecular formula is C51H37N5. The van der Waals surface area contributed by atoms with E-state index in [-0.39, 0.29) is 12.0 Å². The Balaban J connectivity index is 0.937. The van der Waals surface area contributed by atoms with E-state index in [1.165, 1.54) is 49.8 Å². The summed E-state index contributed by atoms with van der Waals surface area (Å²) in [5.41, 5.74) is 12.1. The number of aromatic nitrogens is 4. The molecule has 11 rings (SSSR count). The maximum absolute atomic E-state index is 5.09. The summed E-state index contributed by atoms with van der Waals surface area (Å²) in [6, 6.07) is 56.2. The fraction of sp³-hybridized carbons (Fsp3) is 0.0784. The summed E-state index contributed by atoms with van der Waals surface area (Å²) in [5.74, 6) is 1.82. The molecular weight excluding hydrogens is 683 g/mol. The Bertz CT molecular complexity index is 2960. The first kappa shape index (κ1) is 32.3. The lowest BCUT2D eigenvalue weighted by Crippen LogP contribution is -2.34. The Kier molecular flexibility index (Phi) is 7.69. The number of para-hydroxylation sites is 3. The molecule has 8 aromatic rings. The van der Waals surface area contributed by atoms with Crippen molar-refractivity contribution in [1.82, 2.24) is 19.5 Å². The predicted octanol–water partition coefficient (Wildman–Crippen LogP) is 10.2. The summed E-state index contributed by atoms with van der Waals surface area (Å²) in [6.07, 6.45) is 14.7. The first-order chi connectivity index (χ1) is 27.8. The van der Waals surface area contributed by atoms with E-state index >= 15 is 0 Å². The second kappa shape index (κ2) is 13.3. The summed E-state index contributed by atoms with van der Waals surface area (Å²) < 4.78 is 2.21. The normalized spacial score (nSPS) is 18.0. The van der Waals surface area contributed by atoms with Gasteiger partial charge in [-0.15, -0.1) is 0 Å². The largest absolute Gasteiger partial charge is 0.333 e. The Morgan fingerprint density at radius 1 is 0.589 bits per heavy atom. The molecule has 0 bridgehead atoms. The molecule has 3 unspecified atom stereocenters. The van der Waals surface area contributed by atoms with Gasteiger partial charge in [-0.1, -0.05) is 164 Å². The van der Waals surface area contributed by atoms with Gasteiger partial charge in [-0.25, -0.2) is 9.97 Å². The molecule has 0 amide bonds. The fourth-order valence-corrected chi connectivity index (χ4v) is 9.06. The maximum atomic E-state index is 5.09. The topological polar surface area (TPSA) is 46.8 Å². The molecule has 0 N–H and O–H groups in total. The van der Waals surface area contributed by atoms with Gasteiger partial charge in [-0.2, -0.15) is 4.98 Å². The van der Waals surface area contributed by atoms with Crippen LogP contribution in [0.25, 0.3) is 62.6 Å². The van der Waals surface area contributed by atoms with Crippen LogP contribution in [0.3, 0.4) is 0 Å². The zero-order chi connectivity index (χ0) is 37.0. The molecule has 2 aliphatic carbocycles. The highest BCUT2D eigenvalue weighted by atomic mass is 15.2. The third kappa shape index (κ3) is 5.35. The van der Waals surface area contributed by atoms with Gasteiger partial charge in [0.15, 0.2) is 5.82 Å². The highest BCUT2D eigenvalue weighted by Crippen LogP contribution is 2.49. The van der Waals surface area contributed by atoms with Crippen LogP contribution in [-0.2, 0) is 0 Å². The van der Waals surface area contributed by atoms with Crippen LogP contribution in [0, 0.1) is 5.92 Å². The second-order valence-corrected chi connectivity index (χ2v) is 14.8. The van der Waals surface area contributed by atoms with Gasteiger partial charge in [0.2, 0.25) is 5.95 Å². The Labute approximate surface area is 325 Å². The number of rotatable bonds is 6. The van der Waals surface area contributed by atoms with E-state index < -0.39 is 0 Å². The van der Waals surface area contributed by atoms with Crippen molar-refractivity contribution in [2.45, 2.75) is 18.4 Å². The SMILES string of the molecule is C1=CC2C(C=C1C1C=c3c(n(-c4ncnc(-c5ccc(-c6ccccc6-c6ccccc6)cc5)n4)c4ccccc34)=CC1)c1ccccc1N2c1ccccc1. The van der Waals surface area contributed by atoms with Crippen LogP contribution in [0.4, 0.5) is 11.4 Å². The van der Waals surface area contributed by atoms with Crippen LogP contribution in [-0.4, -0.2) is 25.6 Å². The standard InChI is InChI=1S/C51H37N5/c1-3-13-34(14-4-1)40-17-7-8-18-41(40)35-23-25-36(26-24-35)50-52-33-53-51(54-50)56-47-22-12-10-20-43(47)45-32-38(28-30-49(45)56)37-27-29-48-44(31-37)42-19-9-11-21-46(42)55(48)39-15-5-2-6-16-39/h1-27,29-33,38,44,48H,28H2. The monoisotopic (exact) mass is 719 g/mol. The zero-order valence-corrected chi connectivity index (χ0v) is 30.7. The quantitative estimate of drug-likeness (QED) is 0.172. The van der Waals surface area contributed by atoms with Crippen LogP contribution < -0.4 is 15.5 Å². The number of nitrogens with zero attached hydrogens (tertiary/aromatic N) is 5. The second-order valence-electron chi connectivity index (χ2n) is 14.8. The molecule has 5 nitrogen and oxygen atoms in total. The smallest absolute Gasteiger partial charge is 0.238 e. The van der Waals surface area contributed by atoms with E-state index in [1.54, 1.807) is 6.33 Å². The molecule has 0 saturated heterocycles. The number of allylic oxidation sites excluding steroid dienone is 2. The lowest BCUT2D eigenvalue weighted by atomic mass is 9.82. The minimum absolute atomic E-state index is 0.253. The van der Waals surface area contributed by atoms with Crippen molar-refractivity contribution in [1.29, 1.82) is 0 Å². The summed E-state index contributed by atoms with van der Waals surface area (Å²) in [7, 11) is 0. The Hall–Kier alpha value is -7.11. The van der Waals surface area contributed by atoms with E-state index in [2.05, 4.69) is 203 Å². The predicted molar refractivity (Wildman–Crippen MR) is 228 cm³/mol. The van der Waals surface area contributed by atoms with Crippen molar-refractivity contribution < 1.29 is 0 Å². The van der Waals surface area contributed by atoms with Crippen LogP contribution in [0.15, 0.2) is 188 Å². The molecule has 5 heteroatoms. The number of hydrogen-bond donors (Lipinski definition) is 0. The molecule has 3 heterocycles. The molecule has 0 spiro atoms. The van der Waals surface area contributed by atoms with Crippen LogP contribution in [0.5, 0.6) is 0 Å². The highest BCUT2D eigenvalue weighted by Gasteiger charge is 2.38. The highest BCUT2D eigenvalue weighted by molar-refractivity contribution is 5.86. The number of anilines is 2. The first-order valence-electron chi connectivity index (χ1n) is 19.4. The first-order valence-corrected chi connectivity index (χ1v) is 19.4. The average Bonchev–Trinajstić information content (AvgIpc) is 3.79. The van der Waals surface area contributed by atoms with Gasteiger partial charge in [-0.05, 0) is 64.1 Å². The van der Waals surface area contributed by atoms with Crippen molar-refractivity contribution in [2.24, 2.45) is 5.92 Å². The molecule has 6 aromatic carbocycles. The summed E-state index contributed by atoms with van der Waals surface area (Å²) >= 11 is 0. The molecule has 0 saturated carbocycles. The Morgan fingerprint density at radius 2 is 1.27 bits per heavy atom. The third-order valence-electron chi connectivity index (χ3n) is 11.7. The lowest BCUT2D eigenvalue weighted by Gasteiger charge is -2.30. The summed E-state index contributed by atoms with van der Waals surface area (Å²) in [5, 5.41) is 3.56. The summed E-state index contributed by atoms with van der Waals surface area (Å²) in [4.78, 5) is 17.0. The molecule has 2 aromatic heterocycles. The van der Waals surface area contributed by atoms with Gasteiger partial charge in [0.25, 0.3) is 0 Å². The van der Waals surface area contributed by atoms with E-state index in [4.69, 9.17) is 9.97 Å². The fourth-order valence-electron chi connectivity index (χ4n) is 9.06. The van der Waals surface area contributed by atoms with Crippen molar-refractivity contribution in [3.63, 3.8) is 0 Å². The minimum Gasteiger partial charge on any atom is -0.333 e. The molecule has 3 atom stereocenters. The maximum Gasteiger partial charge on any atom is 0.238 e. The van der Waals surface area contributed by atoms with Crippen molar-refractivity contribution in [2.75, 3.05) is 4.90 Å². The molecule has 0 radical (unpaired) electrons. The van der Waals surface area contributed by atoms with Crippen molar-refractivity contribution >= 4 is 34.4 Å². The van der Waals surface area contributed by atoms with E-state index in [0.29, 0.717) is 17.7 Å². The molecule has 0 fully saturated rings. The van der Waals surface area contributed by atoms with E-state index in [9.17, 15) is 0 Å². The third-order valence-corrected chi connectivity index (χ3v) is 11.7. The number of benzene rings is 6. The van der Waals surface area contributed by atoms with Gasteiger partial charge < -0.3 is 4.90 Å². The van der Waals surface area contributed by atoms with Gasteiger partial charge in [0.1, 0.15) is 6.33 Å². The van der Waals surface area contributed by atoms with Crippen molar-refractivity contribution in [3.8, 4) is 39.6 Å². The van der Waals surface area contributed by atoms with Crippen LogP contribution >= 0.6 is 0 Å². The van der Waals surface area contributed by atoms with Gasteiger partial charge >= 0.3 is 0 Å². The molecule has 266 valence electrons. The lowest BCUT2D eigenvalue weighted by molar-refractivity contribution is 0.716. The average molecular weight is 720 g/mol. The molecule has 3 aliphatic rings. The minimum atomic E-state index is 0.253. The summed E-state index contributed by atoms with van der Waals surface area (Å²) in [6.45, 7) is 0. The van der Waals surface area contributed by atoms with Gasteiger partial charge in [-0.3, -0.25) is 4.57 Å².